The van der Waals surface area contributed by atoms with E-state index in [1.165, 1.54) is 0 Å². The molecular weight excluding hydrogens is 262 g/mol. The van der Waals surface area contributed by atoms with Crippen molar-refractivity contribution >= 4 is 17.9 Å². The average molecular weight is 279 g/mol. The van der Waals surface area contributed by atoms with Crippen molar-refractivity contribution in [3.8, 4) is 0 Å². The van der Waals surface area contributed by atoms with Crippen molar-refractivity contribution in [1.29, 1.82) is 0 Å². The van der Waals surface area contributed by atoms with Gasteiger partial charge in [-0.25, -0.2) is 0 Å². The van der Waals surface area contributed by atoms with Crippen LogP contribution in [0.25, 0.3) is 0 Å². The number of hydrogen-bond acceptors (Lipinski definition) is 8. The first-order chi connectivity index (χ1) is 8.99. The lowest BCUT2D eigenvalue weighted by Gasteiger charge is -2.18. The third-order valence-electron chi connectivity index (χ3n) is 1.77. The van der Waals surface area contributed by atoms with E-state index in [0.29, 0.717) is 0 Å². The van der Waals surface area contributed by atoms with E-state index in [0.717, 1.165) is 4.90 Å². The van der Waals surface area contributed by atoms with E-state index in [9.17, 15) is 14.4 Å². The zero-order valence-electron chi connectivity index (χ0n) is 10.3. The van der Waals surface area contributed by atoms with Crippen molar-refractivity contribution in [3.05, 3.63) is 0 Å². The fourth-order valence-corrected chi connectivity index (χ4v) is 1.13. The van der Waals surface area contributed by atoms with Crippen molar-refractivity contribution < 1.29 is 39.2 Å². The van der Waals surface area contributed by atoms with E-state index < -0.39 is 37.5 Å². The molecule has 0 fully saturated rings. The van der Waals surface area contributed by atoms with Gasteiger partial charge in [-0.05, 0) is 0 Å². The van der Waals surface area contributed by atoms with Crippen LogP contribution in [0.5, 0.6) is 0 Å². The second-order valence-corrected chi connectivity index (χ2v) is 3.43. The Bertz CT molecular complexity index is 284. The zero-order chi connectivity index (χ0) is 14.7. The van der Waals surface area contributed by atoms with Gasteiger partial charge in [-0.15, -0.1) is 0 Å². The van der Waals surface area contributed by atoms with E-state index in [2.05, 4.69) is 9.47 Å². The number of aliphatic carboxylic acids is 1. The summed E-state index contributed by atoms with van der Waals surface area (Å²) in [5.41, 5.74) is 0. The highest BCUT2D eigenvalue weighted by atomic mass is 16.5. The van der Waals surface area contributed by atoms with Crippen LogP contribution in [0, 0.1) is 0 Å². The van der Waals surface area contributed by atoms with Gasteiger partial charge in [-0.3, -0.25) is 19.3 Å². The normalized spacial score (nSPS) is 10.3. The number of carboxylic acid groups (broad SMARTS) is 1. The molecule has 0 saturated carbocycles. The van der Waals surface area contributed by atoms with Crippen molar-refractivity contribution in [2.45, 2.75) is 0 Å². The minimum Gasteiger partial charge on any atom is -0.480 e. The van der Waals surface area contributed by atoms with Crippen LogP contribution in [0.3, 0.4) is 0 Å². The standard InChI is InChI=1S/C10H17NO8/c12-1-3-18-9(16)6-11(5-8(14)15)7-10(17)19-4-2-13/h12-13H,1-7H2,(H,14,15). The van der Waals surface area contributed by atoms with E-state index in [4.69, 9.17) is 15.3 Å². The van der Waals surface area contributed by atoms with Crippen LogP contribution >= 0.6 is 0 Å². The van der Waals surface area contributed by atoms with E-state index in [1.807, 2.05) is 0 Å². The summed E-state index contributed by atoms with van der Waals surface area (Å²) in [7, 11) is 0. The largest absolute Gasteiger partial charge is 0.480 e. The number of aliphatic hydroxyl groups excluding tert-OH is 2. The molecule has 0 rings (SSSR count). The molecule has 9 nitrogen and oxygen atoms in total. The first kappa shape index (κ1) is 17.3. The first-order valence-corrected chi connectivity index (χ1v) is 5.46. The average Bonchev–Trinajstić information content (AvgIpc) is 2.32. The Morgan fingerprint density at radius 3 is 1.58 bits per heavy atom. The number of ether oxygens (including phenoxy) is 2. The molecule has 0 aliphatic heterocycles. The molecule has 0 bridgehead atoms. The molecule has 110 valence electrons. The van der Waals surface area contributed by atoms with Gasteiger partial charge in [0.2, 0.25) is 0 Å². The van der Waals surface area contributed by atoms with Crippen LogP contribution in [0.1, 0.15) is 0 Å². The number of carbonyl (C=O) groups excluding carboxylic acids is 2. The number of carboxylic acids is 1. The Morgan fingerprint density at radius 1 is 0.842 bits per heavy atom. The van der Waals surface area contributed by atoms with Crippen molar-refractivity contribution in [1.82, 2.24) is 4.90 Å². The summed E-state index contributed by atoms with van der Waals surface area (Å²) >= 11 is 0. The van der Waals surface area contributed by atoms with Gasteiger partial charge >= 0.3 is 17.9 Å². The van der Waals surface area contributed by atoms with E-state index >= 15 is 0 Å². The molecule has 0 saturated heterocycles. The molecule has 0 aliphatic carbocycles. The predicted octanol–water partition coefficient (Wildman–Crippen LogP) is -2.56. The maximum Gasteiger partial charge on any atom is 0.320 e. The molecule has 0 aromatic heterocycles. The fraction of sp³-hybridized carbons (Fsp3) is 0.700. The predicted molar refractivity (Wildman–Crippen MR) is 60.2 cm³/mol. The minimum absolute atomic E-state index is 0.200. The fourth-order valence-electron chi connectivity index (χ4n) is 1.13. The summed E-state index contributed by atoms with van der Waals surface area (Å²) in [6, 6.07) is 0. The van der Waals surface area contributed by atoms with Crippen LogP contribution < -0.4 is 0 Å². The Kier molecular flexibility index (Phi) is 9.31. The summed E-state index contributed by atoms with van der Waals surface area (Å²) in [6.07, 6.45) is 0. The molecular formula is C10H17NO8. The molecule has 0 aromatic rings. The molecule has 0 radical (unpaired) electrons. The minimum atomic E-state index is -1.22. The highest BCUT2D eigenvalue weighted by Crippen LogP contribution is 1.93. The molecule has 0 aromatic carbocycles. The van der Waals surface area contributed by atoms with Gasteiger partial charge in [0.25, 0.3) is 0 Å². The van der Waals surface area contributed by atoms with Gasteiger partial charge in [0.1, 0.15) is 13.2 Å². The van der Waals surface area contributed by atoms with Gasteiger partial charge in [-0.1, -0.05) is 0 Å². The summed E-state index contributed by atoms with van der Waals surface area (Å²) < 4.78 is 9.10. The summed E-state index contributed by atoms with van der Waals surface area (Å²) in [6.45, 7) is -2.46. The summed E-state index contributed by atoms with van der Waals surface area (Å²) in [5, 5.41) is 25.5. The lowest BCUT2D eigenvalue weighted by Crippen LogP contribution is -2.39. The number of carbonyl (C=O) groups is 3. The van der Waals surface area contributed by atoms with Gasteiger partial charge in [0.15, 0.2) is 0 Å². The Balaban J connectivity index is 4.25. The molecule has 19 heavy (non-hydrogen) atoms. The second-order valence-electron chi connectivity index (χ2n) is 3.43. The molecule has 0 unspecified atom stereocenters. The number of esters is 2. The third kappa shape index (κ3) is 9.94. The van der Waals surface area contributed by atoms with Crippen LogP contribution in [0.15, 0.2) is 0 Å². The Morgan fingerprint density at radius 2 is 1.26 bits per heavy atom. The van der Waals surface area contributed by atoms with Gasteiger partial charge in [-0.2, -0.15) is 0 Å². The van der Waals surface area contributed by atoms with Crippen molar-refractivity contribution in [2.75, 3.05) is 46.1 Å². The smallest absolute Gasteiger partial charge is 0.320 e. The van der Waals surface area contributed by atoms with E-state index in [-0.39, 0.29) is 26.4 Å². The molecule has 0 spiro atoms. The SMILES string of the molecule is O=C(O)CN(CC(=O)OCCO)CC(=O)OCCO. The first-order valence-electron chi connectivity index (χ1n) is 5.46. The Hall–Kier alpha value is -1.71. The topological polar surface area (TPSA) is 134 Å². The lowest BCUT2D eigenvalue weighted by atomic mass is 10.4. The van der Waals surface area contributed by atoms with Crippen LogP contribution in [-0.4, -0.2) is 84.2 Å². The maximum atomic E-state index is 11.2. The number of nitrogens with zero attached hydrogens (tertiary/aromatic N) is 1. The molecule has 3 N–H and O–H groups in total. The number of hydrogen-bond donors (Lipinski definition) is 3. The molecule has 0 heterocycles. The maximum absolute atomic E-state index is 11.2. The van der Waals surface area contributed by atoms with Crippen LogP contribution in [-0.2, 0) is 23.9 Å². The zero-order valence-corrected chi connectivity index (χ0v) is 10.3. The third-order valence-corrected chi connectivity index (χ3v) is 1.77. The van der Waals surface area contributed by atoms with Gasteiger partial charge in [0.05, 0.1) is 32.8 Å². The monoisotopic (exact) mass is 279 g/mol. The van der Waals surface area contributed by atoms with Crippen molar-refractivity contribution in [3.63, 3.8) is 0 Å². The van der Waals surface area contributed by atoms with Crippen LogP contribution in [0.4, 0.5) is 0 Å². The second kappa shape index (κ2) is 10.2. The highest BCUT2D eigenvalue weighted by molar-refractivity contribution is 5.77. The van der Waals surface area contributed by atoms with Gasteiger partial charge in [0, 0.05) is 0 Å². The molecule has 0 atom stereocenters. The highest BCUT2D eigenvalue weighted by Gasteiger charge is 2.18. The molecule has 0 amide bonds. The number of rotatable bonds is 10. The molecule has 9 heteroatoms. The summed E-state index contributed by atoms with van der Waals surface area (Å²) in [4.78, 5) is 34.0. The van der Waals surface area contributed by atoms with Gasteiger partial charge < -0.3 is 24.8 Å². The summed E-state index contributed by atoms with van der Waals surface area (Å²) in [5.74, 6) is -2.74. The van der Waals surface area contributed by atoms with Crippen molar-refractivity contribution in [2.24, 2.45) is 0 Å². The quantitative estimate of drug-likeness (QED) is 0.369. The Labute approximate surface area is 109 Å². The molecule has 0 aliphatic rings. The van der Waals surface area contributed by atoms with E-state index in [1.54, 1.807) is 0 Å². The lowest BCUT2D eigenvalue weighted by molar-refractivity contribution is -0.151. The van der Waals surface area contributed by atoms with Crippen LogP contribution in [0.2, 0.25) is 0 Å². The number of aliphatic hydroxyl groups is 2.